The maximum atomic E-state index is 12.6. The highest BCUT2D eigenvalue weighted by Gasteiger charge is 2.28. The number of rotatable bonds is 5. The van der Waals surface area contributed by atoms with Crippen LogP contribution in [0, 0.1) is 6.92 Å². The van der Waals surface area contributed by atoms with Crippen molar-refractivity contribution in [3.8, 4) is 0 Å². The number of hydrogen-bond donors (Lipinski definition) is 1. The van der Waals surface area contributed by atoms with Gasteiger partial charge in [-0.15, -0.1) is 0 Å². The van der Waals surface area contributed by atoms with Crippen LogP contribution in [-0.2, 0) is 11.3 Å². The summed E-state index contributed by atoms with van der Waals surface area (Å²) in [5.41, 5.74) is 1.26. The summed E-state index contributed by atoms with van der Waals surface area (Å²) in [4.78, 5) is 26.6. The number of nitrogens with zero attached hydrogens (tertiary/aromatic N) is 4. The van der Waals surface area contributed by atoms with Gasteiger partial charge in [0.15, 0.2) is 0 Å². The number of piperidine rings is 1. The summed E-state index contributed by atoms with van der Waals surface area (Å²) < 4.78 is 9.30. The first-order valence-corrected chi connectivity index (χ1v) is 10.1. The van der Waals surface area contributed by atoms with Crippen molar-refractivity contribution in [1.82, 2.24) is 24.6 Å². The molecule has 2 aromatic rings. The second-order valence-electron chi connectivity index (χ2n) is 8.54. The number of ether oxygens (including phenoxy) is 1. The predicted octanol–water partition coefficient (Wildman–Crippen LogP) is 3.00. The molecule has 1 aliphatic rings. The fourth-order valence-electron chi connectivity index (χ4n) is 3.52. The van der Waals surface area contributed by atoms with Crippen LogP contribution in [0.1, 0.15) is 55.7 Å². The maximum absolute atomic E-state index is 12.6. The molecule has 3 rings (SSSR count). The van der Waals surface area contributed by atoms with Gasteiger partial charge in [-0.3, -0.25) is 9.48 Å². The molecule has 1 saturated heterocycles. The molecule has 1 N–H and O–H groups in total. The third kappa shape index (κ3) is 5.62. The minimum Gasteiger partial charge on any atom is -0.444 e. The average molecular weight is 402 g/mol. The Balaban J connectivity index is 1.52. The minimum atomic E-state index is -0.492. The third-order valence-electron chi connectivity index (χ3n) is 4.91. The van der Waals surface area contributed by atoms with Crippen LogP contribution in [0.4, 0.5) is 4.79 Å². The zero-order chi connectivity index (χ0) is 21.0. The number of amides is 2. The normalized spacial score (nSPS) is 15.4. The molecule has 8 nitrogen and oxygen atoms in total. The Morgan fingerprint density at radius 1 is 1.28 bits per heavy atom. The van der Waals surface area contributed by atoms with Crippen LogP contribution < -0.4 is 5.32 Å². The van der Waals surface area contributed by atoms with Crippen LogP contribution in [0.3, 0.4) is 0 Å². The van der Waals surface area contributed by atoms with E-state index in [-0.39, 0.29) is 18.0 Å². The highest BCUT2D eigenvalue weighted by Crippen LogP contribution is 2.25. The molecule has 2 aromatic heterocycles. The Kier molecular flexibility index (Phi) is 6.30. The summed E-state index contributed by atoms with van der Waals surface area (Å²) in [6, 6.07) is 3.93. The van der Waals surface area contributed by atoms with Gasteiger partial charge in [0.25, 0.3) is 5.91 Å². The summed E-state index contributed by atoms with van der Waals surface area (Å²) in [7, 11) is 0. The van der Waals surface area contributed by atoms with E-state index in [0.29, 0.717) is 31.9 Å². The zero-order valence-electron chi connectivity index (χ0n) is 17.7. The van der Waals surface area contributed by atoms with E-state index in [0.717, 1.165) is 18.4 Å². The van der Waals surface area contributed by atoms with E-state index in [1.54, 1.807) is 11.1 Å². The summed E-state index contributed by atoms with van der Waals surface area (Å²) in [6.07, 6.45) is 7.01. The molecule has 8 heteroatoms. The second-order valence-corrected chi connectivity index (χ2v) is 8.54. The van der Waals surface area contributed by atoms with E-state index in [4.69, 9.17) is 4.74 Å². The van der Waals surface area contributed by atoms with Gasteiger partial charge in [-0.1, -0.05) is 0 Å². The fourth-order valence-corrected chi connectivity index (χ4v) is 3.52. The van der Waals surface area contributed by atoms with E-state index in [9.17, 15) is 9.59 Å². The van der Waals surface area contributed by atoms with Gasteiger partial charge in [-0.2, -0.15) is 5.10 Å². The summed E-state index contributed by atoms with van der Waals surface area (Å²) in [5.74, 6) is -0.0894. The van der Waals surface area contributed by atoms with Gasteiger partial charge in [0.2, 0.25) is 0 Å². The lowest BCUT2D eigenvalue weighted by atomic mass is 10.0. The molecule has 0 aromatic carbocycles. The van der Waals surface area contributed by atoms with Crippen molar-refractivity contribution in [2.75, 3.05) is 19.6 Å². The molecule has 29 heavy (non-hydrogen) atoms. The van der Waals surface area contributed by atoms with Crippen LogP contribution in [0.25, 0.3) is 0 Å². The number of carbonyl (C=O) groups is 2. The first kappa shape index (κ1) is 21.0. The van der Waals surface area contributed by atoms with E-state index in [2.05, 4.69) is 10.4 Å². The third-order valence-corrected chi connectivity index (χ3v) is 4.91. The summed E-state index contributed by atoms with van der Waals surface area (Å²) >= 11 is 0. The van der Waals surface area contributed by atoms with Crippen LogP contribution in [-0.4, -0.2) is 56.5 Å². The highest BCUT2D eigenvalue weighted by atomic mass is 16.6. The largest absolute Gasteiger partial charge is 0.444 e. The molecule has 0 spiro atoms. The minimum absolute atomic E-state index is 0.0894. The summed E-state index contributed by atoms with van der Waals surface area (Å²) in [5, 5.41) is 7.20. The van der Waals surface area contributed by atoms with Gasteiger partial charge >= 0.3 is 6.09 Å². The lowest BCUT2D eigenvalue weighted by Crippen LogP contribution is -2.42. The number of aryl methyl sites for hydroxylation is 1. The number of hydrogen-bond acceptors (Lipinski definition) is 4. The first-order chi connectivity index (χ1) is 13.7. The van der Waals surface area contributed by atoms with Crippen molar-refractivity contribution in [3.05, 3.63) is 42.0 Å². The molecular weight excluding hydrogens is 370 g/mol. The standard InChI is InChI=1S/C21H31N5O3/c1-16-14-23-25(15-16)13-9-22-19(27)18-6-5-10-26(18)17-7-11-24(12-8-17)20(28)29-21(2,3)4/h5-6,10,14-15,17H,7-9,11-13H2,1-4H3,(H,22,27). The van der Waals surface area contributed by atoms with E-state index < -0.39 is 5.60 Å². The zero-order valence-corrected chi connectivity index (χ0v) is 17.7. The molecule has 0 saturated carbocycles. The van der Waals surface area contributed by atoms with Crippen molar-refractivity contribution < 1.29 is 14.3 Å². The molecular formula is C21H31N5O3. The fraction of sp³-hybridized carbons (Fsp3) is 0.571. The van der Waals surface area contributed by atoms with Gasteiger partial charge in [-0.05, 0) is 58.2 Å². The van der Waals surface area contributed by atoms with E-state index in [1.165, 1.54) is 0 Å². The maximum Gasteiger partial charge on any atom is 0.410 e. The average Bonchev–Trinajstić information content (AvgIpc) is 3.29. The summed E-state index contributed by atoms with van der Waals surface area (Å²) in [6.45, 7) is 10.00. The quantitative estimate of drug-likeness (QED) is 0.835. The van der Waals surface area contributed by atoms with Crippen molar-refractivity contribution in [3.63, 3.8) is 0 Å². The first-order valence-electron chi connectivity index (χ1n) is 10.1. The number of aromatic nitrogens is 3. The Morgan fingerprint density at radius 3 is 2.62 bits per heavy atom. The van der Waals surface area contributed by atoms with Gasteiger partial charge < -0.3 is 19.5 Å². The van der Waals surface area contributed by atoms with Crippen LogP contribution in [0.5, 0.6) is 0 Å². The molecule has 0 unspecified atom stereocenters. The lowest BCUT2D eigenvalue weighted by Gasteiger charge is -2.34. The molecule has 3 heterocycles. The van der Waals surface area contributed by atoms with E-state index >= 15 is 0 Å². The van der Waals surface area contributed by atoms with Crippen molar-refractivity contribution >= 4 is 12.0 Å². The van der Waals surface area contributed by atoms with E-state index in [1.807, 2.05) is 61.5 Å². The Bertz CT molecular complexity index is 841. The molecule has 2 amide bonds. The molecule has 1 fully saturated rings. The topological polar surface area (TPSA) is 81.4 Å². The predicted molar refractivity (Wildman–Crippen MR) is 110 cm³/mol. The van der Waals surface area contributed by atoms with Gasteiger partial charge in [0, 0.05) is 38.1 Å². The van der Waals surface area contributed by atoms with Gasteiger partial charge in [0.1, 0.15) is 11.3 Å². The molecule has 1 aliphatic heterocycles. The molecule has 0 bridgehead atoms. The molecule has 158 valence electrons. The Hall–Kier alpha value is -2.77. The number of carbonyl (C=O) groups excluding carboxylic acids is 2. The molecule has 0 atom stereocenters. The number of nitrogens with one attached hydrogen (secondary N) is 1. The van der Waals surface area contributed by atoms with Crippen LogP contribution in [0.2, 0.25) is 0 Å². The number of likely N-dealkylation sites (tertiary alicyclic amines) is 1. The van der Waals surface area contributed by atoms with Crippen molar-refractivity contribution in [2.45, 2.75) is 58.7 Å². The van der Waals surface area contributed by atoms with Crippen molar-refractivity contribution in [1.29, 1.82) is 0 Å². The monoisotopic (exact) mass is 401 g/mol. The lowest BCUT2D eigenvalue weighted by molar-refractivity contribution is 0.0187. The smallest absolute Gasteiger partial charge is 0.410 e. The molecule has 0 radical (unpaired) electrons. The Labute approximate surface area is 171 Å². The second kappa shape index (κ2) is 8.71. The van der Waals surface area contributed by atoms with Gasteiger partial charge in [0.05, 0.1) is 12.7 Å². The Morgan fingerprint density at radius 2 is 2.00 bits per heavy atom. The van der Waals surface area contributed by atoms with Crippen LogP contribution in [0.15, 0.2) is 30.7 Å². The SMILES string of the molecule is Cc1cnn(CCNC(=O)c2cccn2C2CCN(C(=O)OC(C)(C)C)CC2)c1. The highest BCUT2D eigenvalue weighted by molar-refractivity contribution is 5.92. The molecule has 0 aliphatic carbocycles. The van der Waals surface area contributed by atoms with Gasteiger partial charge in [-0.25, -0.2) is 4.79 Å². The van der Waals surface area contributed by atoms with Crippen LogP contribution >= 0.6 is 0 Å². The van der Waals surface area contributed by atoms with Crippen molar-refractivity contribution in [2.24, 2.45) is 0 Å².